The molecule has 3 aromatic rings. The molecule has 2 aromatic heterocycles. The molecule has 0 unspecified atom stereocenters. The maximum absolute atomic E-state index is 12.9. The van der Waals surface area contributed by atoms with Gasteiger partial charge in [-0.2, -0.15) is 4.98 Å². The highest BCUT2D eigenvalue weighted by Gasteiger charge is 2.23. The van der Waals surface area contributed by atoms with Crippen LogP contribution in [0.3, 0.4) is 0 Å². The van der Waals surface area contributed by atoms with Crippen LogP contribution in [0.15, 0.2) is 46.8 Å². The second-order valence-corrected chi connectivity index (χ2v) is 7.20. The average Bonchev–Trinajstić information content (AvgIpc) is 2.91. The Morgan fingerprint density at radius 3 is 2.48 bits per heavy atom. The number of benzene rings is 1. The van der Waals surface area contributed by atoms with Crippen LogP contribution in [-0.4, -0.2) is 24.8 Å². The van der Waals surface area contributed by atoms with Gasteiger partial charge in [0.15, 0.2) is 11.0 Å². The standard InChI is InChI=1S/C16H17FN6OS/c1-16(2,3)13-21-22-15(23(13)18)25-14-19-9-8-12(20-14)24-11-6-4-10(17)5-7-11/h4-9H,18H2,1-3H3. The third-order valence-corrected chi connectivity index (χ3v) is 4.00. The fraction of sp³-hybridized carbons (Fsp3) is 0.250. The largest absolute Gasteiger partial charge is 0.439 e. The van der Waals surface area contributed by atoms with Crippen molar-refractivity contribution in [3.63, 3.8) is 0 Å². The summed E-state index contributed by atoms with van der Waals surface area (Å²) in [6, 6.07) is 7.29. The molecule has 0 aliphatic rings. The predicted molar refractivity (Wildman–Crippen MR) is 91.5 cm³/mol. The van der Waals surface area contributed by atoms with Gasteiger partial charge in [-0.1, -0.05) is 20.8 Å². The summed E-state index contributed by atoms with van der Waals surface area (Å²) in [7, 11) is 0. The number of rotatable bonds is 4. The van der Waals surface area contributed by atoms with E-state index in [2.05, 4.69) is 20.2 Å². The third-order valence-electron chi connectivity index (χ3n) is 3.16. The van der Waals surface area contributed by atoms with Crippen molar-refractivity contribution in [2.45, 2.75) is 36.5 Å². The first-order chi connectivity index (χ1) is 11.8. The molecule has 0 bridgehead atoms. The monoisotopic (exact) mass is 360 g/mol. The highest BCUT2D eigenvalue weighted by Crippen LogP contribution is 2.28. The van der Waals surface area contributed by atoms with Gasteiger partial charge in [-0.25, -0.2) is 14.1 Å². The first kappa shape index (κ1) is 17.2. The van der Waals surface area contributed by atoms with Crippen molar-refractivity contribution in [3.8, 4) is 11.6 Å². The number of nitrogen functional groups attached to an aromatic ring is 1. The van der Waals surface area contributed by atoms with Gasteiger partial charge in [-0.3, -0.25) is 0 Å². The molecule has 0 radical (unpaired) electrons. The number of hydrogen-bond acceptors (Lipinski definition) is 7. The van der Waals surface area contributed by atoms with Gasteiger partial charge in [0.05, 0.1) is 0 Å². The predicted octanol–water partition coefficient (Wildman–Crippen LogP) is 3.16. The minimum absolute atomic E-state index is 0.227. The molecule has 3 rings (SSSR count). The van der Waals surface area contributed by atoms with Crippen LogP contribution < -0.4 is 10.6 Å². The Hall–Kier alpha value is -2.68. The summed E-state index contributed by atoms with van der Waals surface area (Å²) in [6.07, 6.45) is 1.57. The Morgan fingerprint density at radius 2 is 1.84 bits per heavy atom. The highest BCUT2D eigenvalue weighted by atomic mass is 32.2. The zero-order chi connectivity index (χ0) is 18.0. The van der Waals surface area contributed by atoms with Gasteiger partial charge in [0.1, 0.15) is 11.6 Å². The Bertz CT molecular complexity index is 875. The lowest BCUT2D eigenvalue weighted by Crippen LogP contribution is -2.24. The minimum Gasteiger partial charge on any atom is -0.439 e. The summed E-state index contributed by atoms with van der Waals surface area (Å²) in [5.41, 5.74) is -0.227. The molecule has 0 spiro atoms. The van der Waals surface area contributed by atoms with Crippen LogP contribution in [0.4, 0.5) is 4.39 Å². The lowest BCUT2D eigenvalue weighted by molar-refractivity contribution is 0.454. The highest BCUT2D eigenvalue weighted by molar-refractivity contribution is 7.99. The third kappa shape index (κ3) is 4.05. The smallest absolute Gasteiger partial charge is 0.223 e. The Kier molecular flexibility index (Phi) is 4.58. The number of nitrogens with zero attached hydrogens (tertiary/aromatic N) is 5. The zero-order valence-electron chi connectivity index (χ0n) is 14.0. The Balaban J connectivity index is 1.78. The topological polar surface area (TPSA) is 91.7 Å². The van der Waals surface area contributed by atoms with Gasteiger partial charge < -0.3 is 10.6 Å². The second kappa shape index (κ2) is 6.67. The summed E-state index contributed by atoms with van der Waals surface area (Å²) in [6.45, 7) is 6.01. The summed E-state index contributed by atoms with van der Waals surface area (Å²) in [5, 5.41) is 9.11. The Labute approximate surface area is 148 Å². The van der Waals surface area contributed by atoms with Crippen molar-refractivity contribution in [3.05, 3.63) is 48.2 Å². The Morgan fingerprint density at radius 1 is 1.12 bits per heavy atom. The average molecular weight is 360 g/mol. The molecule has 1 aromatic carbocycles. The fourth-order valence-corrected chi connectivity index (χ4v) is 2.67. The van der Waals surface area contributed by atoms with Crippen LogP contribution in [0, 0.1) is 5.82 Å². The molecule has 25 heavy (non-hydrogen) atoms. The molecule has 0 saturated heterocycles. The van der Waals surface area contributed by atoms with Crippen LogP contribution in [0.25, 0.3) is 0 Å². The normalized spacial score (nSPS) is 11.5. The van der Waals surface area contributed by atoms with Crippen molar-refractivity contribution in [2.24, 2.45) is 0 Å². The number of nitrogens with two attached hydrogens (primary N) is 1. The van der Waals surface area contributed by atoms with Crippen LogP contribution in [-0.2, 0) is 5.41 Å². The van der Waals surface area contributed by atoms with Gasteiger partial charge >= 0.3 is 0 Å². The van der Waals surface area contributed by atoms with Gasteiger partial charge in [0.25, 0.3) is 0 Å². The minimum atomic E-state index is -0.330. The van der Waals surface area contributed by atoms with Crippen molar-refractivity contribution >= 4 is 11.8 Å². The molecular formula is C16H17FN6OS. The van der Waals surface area contributed by atoms with Gasteiger partial charge in [-0.05, 0) is 36.0 Å². The molecule has 2 heterocycles. The molecule has 0 aliphatic heterocycles. The second-order valence-electron chi connectivity index (χ2n) is 6.26. The van der Waals surface area contributed by atoms with Gasteiger partial charge in [-0.15, -0.1) is 10.2 Å². The van der Waals surface area contributed by atoms with Gasteiger partial charge in [0, 0.05) is 17.7 Å². The lowest BCUT2D eigenvalue weighted by atomic mass is 9.96. The number of ether oxygens (including phenoxy) is 1. The van der Waals surface area contributed by atoms with E-state index in [4.69, 9.17) is 10.6 Å². The number of aromatic nitrogens is 5. The first-order valence-electron chi connectivity index (χ1n) is 7.48. The van der Waals surface area contributed by atoms with Crippen LogP contribution in [0.2, 0.25) is 0 Å². The molecule has 0 amide bonds. The van der Waals surface area contributed by atoms with E-state index < -0.39 is 0 Å². The molecule has 0 fully saturated rings. The van der Waals surface area contributed by atoms with Gasteiger partial charge in [0.2, 0.25) is 11.0 Å². The van der Waals surface area contributed by atoms with E-state index in [0.29, 0.717) is 27.8 Å². The molecule has 7 nitrogen and oxygen atoms in total. The number of halogens is 1. The summed E-state index contributed by atoms with van der Waals surface area (Å²) in [5.74, 6) is 7.21. The lowest BCUT2D eigenvalue weighted by Gasteiger charge is -2.16. The van der Waals surface area contributed by atoms with E-state index in [1.807, 2.05) is 20.8 Å². The van der Waals surface area contributed by atoms with E-state index in [-0.39, 0.29) is 11.2 Å². The molecule has 130 valence electrons. The summed E-state index contributed by atoms with van der Waals surface area (Å²) in [4.78, 5) is 8.48. The SMILES string of the molecule is CC(C)(C)c1nnc(Sc2nccc(Oc3ccc(F)cc3)n2)n1N. The molecule has 0 atom stereocenters. The van der Waals surface area contributed by atoms with Crippen LogP contribution in [0.1, 0.15) is 26.6 Å². The van der Waals surface area contributed by atoms with Crippen molar-refractivity contribution < 1.29 is 9.13 Å². The van der Waals surface area contributed by atoms with E-state index in [1.165, 1.54) is 40.7 Å². The molecule has 9 heteroatoms. The quantitative estimate of drug-likeness (QED) is 0.564. The van der Waals surface area contributed by atoms with Crippen molar-refractivity contribution in [1.82, 2.24) is 24.8 Å². The molecular weight excluding hydrogens is 343 g/mol. The van der Waals surface area contributed by atoms with Crippen molar-refractivity contribution in [2.75, 3.05) is 5.84 Å². The van der Waals surface area contributed by atoms with Crippen LogP contribution in [0.5, 0.6) is 11.6 Å². The summed E-state index contributed by atoms with van der Waals surface area (Å²) < 4.78 is 20.0. The fourth-order valence-electron chi connectivity index (χ4n) is 1.99. The van der Waals surface area contributed by atoms with E-state index in [1.54, 1.807) is 12.3 Å². The van der Waals surface area contributed by atoms with Crippen molar-refractivity contribution in [1.29, 1.82) is 0 Å². The molecule has 0 saturated carbocycles. The maximum atomic E-state index is 12.9. The first-order valence-corrected chi connectivity index (χ1v) is 8.30. The maximum Gasteiger partial charge on any atom is 0.223 e. The van der Waals surface area contributed by atoms with E-state index in [0.717, 1.165) is 0 Å². The number of hydrogen-bond donors (Lipinski definition) is 1. The molecule has 2 N–H and O–H groups in total. The van der Waals surface area contributed by atoms with Crippen LogP contribution >= 0.6 is 11.8 Å². The van der Waals surface area contributed by atoms with E-state index in [9.17, 15) is 4.39 Å². The zero-order valence-corrected chi connectivity index (χ0v) is 14.8. The van der Waals surface area contributed by atoms with E-state index >= 15 is 0 Å². The summed E-state index contributed by atoms with van der Waals surface area (Å²) >= 11 is 1.18. The molecule has 0 aliphatic carbocycles.